The lowest BCUT2D eigenvalue weighted by Gasteiger charge is -2.44. The van der Waals surface area contributed by atoms with Crippen molar-refractivity contribution in [1.82, 2.24) is 24.5 Å². The van der Waals surface area contributed by atoms with Crippen LogP contribution in [0.2, 0.25) is 5.02 Å². The number of benzene rings is 1. The fraction of sp³-hybridized carbons (Fsp3) is 0.440. The number of aromatic nitrogens is 4. The summed E-state index contributed by atoms with van der Waals surface area (Å²) in [6.45, 7) is 5.78. The van der Waals surface area contributed by atoms with Gasteiger partial charge in [0.05, 0.1) is 40.3 Å². The molecule has 1 saturated heterocycles. The Labute approximate surface area is 225 Å². The molecule has 4 N–H and O–H groups in total. The van der Waals surface area contributed by atoms with Crippen LogP contribution in [-0.4, -0.2) is 68.1 Å². The molecule has 1 amide bonds. The molecular weight excluding hydrogens is 506 g/mol. The molecule has 0 bridgehead atoms. The highest BCUT2D eigenvalue weighted by molar-refractivity contribution is 6.36. The van der Waals surface area contributed by atoms with E-state index >= 15 is 0 Å². The van der Waals surface area contributed by atoms with Crippen LogP contribution in [-0.2, 0) is 4.79 Å². The standard InChI is InChI=1S/C25H28ClN11O/c1-3-18-13-35(14(2)22(29)38)6-7-36(18)20-9-15(10-27)8-19(21(20)26)32-24-33-23-16(11-28)12-30-37(23)25(34-24)31-17-4-5-17/h8-9,12,14,17-18H,3-7,13H2,1-2H3,(H2,29,38)(H2,31,32,33,34)/t14-,18-/m0/s1. The average molecular weight is 534 g/mol. The molecule has 196 valence electrons. The number of hydrogen-bond donors (Lipinski definition) is 3. The maximum Gasteiger partial charge on any atom is 0.234 e. The minimum absolute atomic E-state index is 0.0665. The number of nitrogens with two attached hydrogens (primary N) is 1. The molecule has 12 nitrogen and oxygen atoms in total. The maximum absolute atomic E-state index is 11.8. The lowest BCUT2D eigenvalue weighted by molar-refractivity contribution is -0.123. The van der Waals surface area contributed by atoms with Gasteiger partial charge in [-0.15, -0.1) is 0 Å². The number of anilines is 4. The van der Waals surface area contributed by atoms with Gasteiger partial charge < -0.3 is 21.3 Å². The van der Waals surface area contributed by atoms with Crippen molar-refractivity contribution >= 4 is 46.4 Å². The van der Waals surface area contributed by atoms with Crippen molar-refractivity contribution in [2.24, 2.45) is 5.73 Å². The van der Waals surface area contributed by atoms with Gasteiger partial charge in [0.25, 0.3) is 0 Å². The Hall–Kier alpha value is -4.13. The summed E-state index contributed by atoms with van der Waals surface area (Å²) in [6.07, 6.45) is 4.33. The molecule has 0 radical (unpaired) electrons. The van der Waals surface area contributed by atoms with Crippen LogP contribution in [0.4, 0.5) is 23.3 Å². The minimum Gasteiger partial charge on any atom is -0.368 e. The number of halogens is 1. The fourth-order valence-corrected chi connectivity index (χ4v) is 4.95. The lowest BCUT2D eigenvalue weighted by Crippen LogP contribution is -2.57. The first-order valence-electron chi connectivity index (χ1n) is 12.6. The SMILES string of the molecule is CC[C@H]1CN([C@@H](C)C(N)=O)CCN1c1cc(C#N)cc(Nc2nc(NC3CC3)n3ncc(C#N)c3n2)c1Cl. The second kappa shape index (κ2) is 10.3. The van der Waals surface area contributed by atoms with Crippen molar-refractivity contribution in [2.45, 2.75) is 51.2 Å². The number of fused-ring (bicyclic) bond motifs is 1. The van der Waals surface area contributed by atoms with Crippen LogP contribution in [0.25, 0.3) is 5.65 Å². The summed E-state index contributed by atoms with van der Waals surface area (Å²) in [5.41, 5.74) is 7.84. The average Bonchev–Trinajstić information content (AvgIpc) is 3.64. The molecule has 5 rings (SSSR count). The van der Waals surface area contributed by atoms with Crippen LogP contribution in [0.3, 0.4) is 0 Å². The predicted octanol–water partition coefficient (Wildman–Crippen LogP) is 2.61. The van der Waals surface area contributed by atoms with Gasteiger partial charge in [0, 0.05) is 31.7 Å². The minimum atomic E-state index is -0.364. The zero-order valence-electron chi connectivity index (χ0n) is 21.1. The van der Waals surface area contributed by atoms with Crippen LogP contribution in [0.1, 0.15) is 44.2 Å². The second-order valence-electron chi connectivity index (χ2n) is 9.62. The first kappa shape index (κ1) is 25.5. The number of nitrogens with zero attached hydrogens (tertiary/aromatic N) is 8. The highest BCUT2D eigenvalue weighted by Gasteiger charge is 2.32. The van der Waals surface area contributed by atoms with Crippen molar-refractivity contribution < 1.29 is 4.79 Å². The zero-order chi connectivity index (χ0) is 27.0. The Morgan fingerprint density at radius 3 is 2.71 bits per heavy atom. The van der Waals surface area contributed by atoms with E-state index in [0.717, 1.165) is 19.3 Å². The van der Waals surface area contributed by atoms with E-state index in [1.165, 1.54) is 10.7 Å². The topological polar surface area (TPSA) is 164 Å². The van der Waals surface area contributed by atoms with Gasteiger partial charge in [-0.05, 0) is 38.3 Å². The number of rotatable bonds is 8. The number of piperazine rings is 1. The molecular formula is C25H28ClN11O. The Balaban J connectivity index is 1.50. The molecule has 1 aliphatic carbocycles. The molecule has 1 aliphatic heterocycles. The highest BCUT2D eigenvalue weighted by Crippen LogP contribution is 2.38. The second-order valence-corrected chi connectivity index (χ2v) is 10.00. The summed E-state index contributed by atoms with van der Waals surface area (Å²) < 4.78 is 1.51. The number of hydrogen-bond acceptors (Lipinski definition) is 10. The third-order valence-corrected chi connectivity index (χ3v) is 7.48. The molecule has 0 unspecified atom stereocenters. The Morgan fingerprint density at radius 1 is 1.26 bits per heavy atom. The summed E-state index contributed by atoms with van der Waals surface area (Å²) >= 11 is 6.94. The number of amides is 1. The highest BCUT2D eigenvalue weighted by atomic mass is 35.5. The number of carbonyl (C=O) groups is 1. The van der Waals surface area contributed by atoms with Crippen LogP contribution < -0.4 is 21.3 Å². The fourth-order valence-electron chi connectivity index (χ4n) is 4.69. The summed E-state index contributed by atoms with van der Waals surface area (Å²) in [6, 6.07) is 7.76. The summed E-state index contributed by atoms with van der Waals surface area (Å²) in [7, 11) is 0. The summed E-state index contributed by atoms with van der Waals surface area (Å²) in [5, 5.41) is 30.5. The van der Waals surface area contributed by atoms with E-state index in [-0.39, 0.29) is 23.9 Å². The van der Waals surface area contributed by atoms with Crippen LogP contribution in [0.15, 0.2) is 18.3 Å². The first-order chi connectivity index (χ1) is 18.3. The van der Waals surface area contributed by atoms with Crippen LogP contribution in [0.5, 0.6) is 0 Å². The molecule has 1 aromatic carbocycles. The monoisotopic (exact) mass is 533 g/mol. The smallest absolute Gasteiger partial charge is 0.234 e. The van der Waals surface area contributed by atoms with E-state index in [1.807, 2.05) is 6.92 Å². The van der Waals surface area contributed by atoms with E-state index in [1.54, 1.807) is 12.1 Å². The van der Waals surface area contributed by atoms with E-state index in [0.29, 0.717) is 64.8 Å². The van der Waals surface area contributed by atoms with Crippen molar-refractivity contribution in [3.05, 3.63) is 34.5 Å². The van der Waals surface area contributed by atoms with E-state index in [2.05, 4.69) is 54.6 Å². The number of nitrogens with one attached hydrogen (secondary N) is 2. The largest absolute Gasteiger partial charge is 0.368 e. The van der Waals surface area contributed by atoms with Gasteiger partial charge in [-0.25, -0.2) is 0 Å². The quantitative estimate of drug-likeness (QED) is 0.392. The molecule has 2 atom stereocenters. The van der Waals surface area contributed by atoms with E-state index in [9.17, 15) is 15.3 Å². The van der Waals surface area contributed by atoms with Crippen molar-refractivity contribution in [1.29, 1.82) is 10.5 Å². The van der Waals surface area contributed by atoms with Crippen molar-refractivity contribution in [3.63, 3.8) is 0 Å². The Kier molecular flexibility index (Phi) is 6.93. The first-order valence-corrected chi connectivity index (χ1v) is 12.9. The van der Waals surface area contributed by atoms with E-state index < -0.39 is 0 Å². The molecule has 3 heterocycles. The summed E-state index contributed by atoms with van der Waals surface area (Å²) in [5.74, 6) is 0.349. The van der Waals surface area contributed by atoms with Crippen LogP contribution >= 0.6 is 11.6 Å². The zero-order valence-corrected chi connectivity index (χ0v) is 21.9. The van der Waals surface area contributed by atoms with Gasteiger partial charge in [0.15, 0.2) is 5.65 Å². The molecule has 38 heavy (non-hydrogen) atoms. The van der Waals surface area contributed by atoms with Crippen molar-refractivity contribution in [2.75, 3.05) is 35.2 Å². The lowest BCUT2D eigenvalue weighted by atomic mass is 10.0. The van der Waals surface area contributed by atoms with Gasteiger partial charge >= 0.3 is 0 Å². The Morgan fingerprint density at radius 2 is 2.05 bits per heavy atom. The van der Waals surface area contributed by atoms with E-state index in [4.69, 9.17) is 17.3 Å². The Bertz CT molecular complexity index is 1470. The molecule has 13 heteroatoms. The van der Waals surface area contributed by atoms with Gasteiger partial charge in [-0.2, -0.15) is 30.1 Å². The number of primary amides is 1. The molecule has 2 fully saturated rings. The number of nitriles is 2. The molecule has 2 aliphatic rings. The van der Waals surface area contributed by atoms with Gasteiger partial charge in [-0.1, -0.05) is 18.5 Å². The molecule has 1 saturated carbocycles. The maximum atomic E-state index is 11.8. The van der Waals surface area contributed by atoms with Crippen molar-refractivity contribution in [3.8, 4) is 12.1 Å². The van der Waals surface area contributed by atoms with Gasteiger partial charge in [0.2, 0.25) is 17.8 Å². The third-order valence-electron chi connectivity index (χ3n) is 7.08. The molecule has 0 spiro atoms. The normalized spacial score (nSPS) is 18.6. The predicted molar refractivity (Wildman–Crippen MR) is 143 cm³/mol. The van der Waals surface area contributed by atoms with Gasteiger partial charge in [-0.3, -0.25) is 9.69 Å². The van der Waals surface area contributed by atoms with Gasteiger partial charge in [0.1, 0.15) is 11.6 Å². The van der Waals surface area contributed by atoms with Crippen LogP contribution in [0, 0.1) is 22.7 Å². The number of carbonyl (C=O) groups excluding carboxylic acids is 1. The third kappa shape index (κ3) is 4.88. The summed E-state index contributed by atoms with van der Waals surface area (Å²) in [4.78, 5) is 25.1. The molecule has 3 aromatic rings. The molecule has 2 aromatic heterocycles.